The molecule has 0 atom stereocenters. The molecule has 1 radical (unpaired) electrons. The van der Waals surface area contributed by atoms with Crippen LogP contribution in [-0.2, 0) is 26.5 Å². The van der Waals surface area contributed by atoms with Gasteiger partial charge in [0.2, 0.25) is 0 Å². The third-order valence-corrected chi connectivity index (χ3v) is 14.4. The zero-order valence-corrected chi connectivity index (χ0v) is 39.6. The zero-order valence-electron chi connectivity index (χ0n) is 37.1. The minimum atomic E-state index is -2.00. The molecule has 5 aromatic carbocycles. The predicted octanol–water partition coefficient (Wildman–Crippen LogP) is 13.2. The van der Waals surface area contributed by atoms with Crippen molar-refractivity contribution in [2.24, 2.45) is 5.41 Å². The van der Waals surface area contributed by atoms with E-state index >= 15 is 0 Å². The van der Waals surface area contributed by atoms with Crippen molar-refractivity contribution in [3.63, 3.8) is 0 Å². The number of benzene rings is 5. The molecule has 0 spiro atoms. The molecule has 8 rings (SSSR count). The fraction of sp³-hybridized carbons (Fsp3) is 0.275. The minimum absolute atomic E-state index is 0. The van der Waals surface area contributed by atoms with Gasteiger partial charge in [-0.3, -0.25) is 0 Å². The van der Waals surface area contributed by atoms with Gasteiger partial charge in [0.05, 0.1) is 17.2 Å². The molecule has 297 valence electrons. The average Bonchev–Trinajstić information content (AvgIpc) is 3.78. The molecule has 7 heteroatoms. The summed E-state index contributed by atoms with van der Waals surface area (Å²) in [4.78, 5) is 9.52. The van der Waals surface area contributed by atoms with Crippen LogP contribution in [0.4, 0.5) is 0 Å². The first-order valence-corrected chi connectivity index (χ1v) is 27.1. The SMILES string of the molecule is CC(C)c1c[c]([Ge]([CH3])([CH3])[CH3])cc(C(C)C)c1-n1c(-c2[c-]cccc2)nc2ccccc21.[2H]C([2H])(c1ccnc(-c2[c-]ccc3c2oc2cc(C#N)ccc23)c1)C(C)(C)C.[Ir]. The number of nitriles is 1. The Morgan fingerprint density at radius 2 is 1.55 bits per heavy atom. The summed E-state index contributed by atoms with van der Waals surface area (Å²) in [5.41, 5.74) is 10.5. The first-order valence-electron chi connectivity index (χ1n) is 20.8. The molecular weight excluding hydrogens is 949 g/mol. The van der Waals surface area contributed by atoms with E-state index in [1.807, 2.05) is 51.1 Å². The predicted molar refractivity (Wildman–Crippen MR) is 240 cm³/mol. The van der Waals surface area contributed by atoms with Crippen LogP contribution in [-0.4, -0.2) is 27.8 Å². The van der Waals surface area contributed by atoms with Crippen molar-refractivity contribution < 1.29 is 27.3 Å². The number of nitrogens with zero attached hydrogens (tertiary/aromatic N) is 4. The van der Waals surface area contributed by atoms with Crippen molar-refractivity contribution in [3.05, 3.63) is 144 Å². The van der Waals surface area contributed by atoms with Crippen LogP contribution in [0.1, 0.15) is 85.3 Å². The van der Waals surface area contributed by atoms with Crippen molar-refractivity contribution in [3.8, 4) is 34.4 Å². The first-order chi connectivity index (χ1) is 27.9. The maximum absolute atomic E-state index is 9.13. The largest absolute Gasteiger partial charge is 0.501 e. The van der Waals surface area contributed by atoms with Gasteiger partial charge in [-0.25, -0.2) is 0 Å². The van der Waals surface area contributed by atoms with Crippen LogP contribution in [0.5, 0.6) is 0 Å². The second-order valence-corrected chi connectivity index (χ2v) is 28.1. The molecule has 58 heavy (non-hydrogen) atoms. The number of pyridine rings is 1. The van der Waals surface area contributed by atoms with Gasteiger partial charge in [-0.05, 0) is 35.7 Å². The van der Waals surface area contributed by atoms with E-state index in [4.69, 9.17) is 17.4 Å². The molecule has 5 nitrogen and oxygen atoms in total. The molecule has 0 aliphatic carbocycles. The van der Waals surface area contributed by atoms with Crippen molar-refractivity contribution in [1.82, 2.24) is 14.5 Å². The molecule has 0 aliphatic heterocycles. The number of imidazole rings is 1. The summed E-state index contributed by atoms with van der Waals surface area (Å²) in [6, 6.07) is 43.0. The third kappa shape index (κ3) is 8.93. The number of rotatable bonds is 7. The van der Waals surface area contributed by atoms with Gasteiger partial charge in [0, 0.05) is 34.4 Å². The van der Waals surface area contributed by atoms with E-state index in [1.165, 1.54) is 16.8 Å². The van der Waals surface area contributed by atoms with E-state index in [1.54, 1.807) is 34.9 Å². The van der Waals surface area contributed by atoms with Crippen molar-refractivity contribution in [1.29, 1.82) is 5.26 Å². The monoisotopic (exact) mass is 1010 g/mol. The Morgan fingerprint density at radius 3 is 2.19 bits per heavy atom. The van der Waals surface area contributed by atoms with E-state index in [0.717, 1.165) is 33.2 Å². The Hall–Kier alpha value is -4.80. The molecule has 3 heterocycles. The molecule has 0 fully saturated rings. The smallest absolute Gasteiger partial charge is 0.122 e. The van der Waals surface area contributed by atoms with Crippen LogP contribution in [0.15, 0.2) is 114 Å². The van der Waals surface area contributed by atoms with Gasteiger partial charge in [-0.2, -0.15) is 5.26 Å². The fourth-order valence-corrected chi connectivity index (χ4v) is 9.77. The maximum Gasteiger partial charge on any atom is 0.122 e. The molecule has 0 saturated carbocycles. The van der Waals surface area contributed by atoms with Gasteiger partial charge >= 0.3 is 190 Å². The van der Waals surface area contributed by atoms with Crippen molar-refractivity contribution in [2.75, 3.05) is 0 Å². The minimum Gasteiger partial charge on any atom is -0.501 e. The van der Waals surface area contributed by atoms with Crippen LogP contribution in [0, 0.1) is 28.9 Å². The normalized spacial score (nSPS) is 12.6. The topological polar surface area (TPSA) is 67.6 Å². The van der Waals surface area contributed by atoms with Gasteiger partial charge in [0.1, 0.15) is 5.58 Å². The summed E-state index contributed by atoms with van der Waals surface area (Å²) in [6.45, 7) is 14.9. The number of furan rings is 1. The summed E-state index contributed by atoms with van der Waals surface area (Å²) >= 11 is -2.00. The van der Waals surface area contributed by atoms with Gasteiger partial charge in [-0.1, -0.05) is 49.4 Å². The average molecular weight is 1000 g/mol. The number of hydrogen-bond donors (Lipinski definition) is 0. The quantitative estimate of drug-likeness (QED) is 0.118. The summed E-state index contributed by atoms with van der Waals surface area (Å²) in [6.07, 6.45) is 0.103. The summed E-state index contributed by atoms with van der Waals surface area (Å²) in [7, 11) is 0. The Bertz CT molecular complexity index is 2830. The number of para-hydroxylation sites is 2. The summed E-state index contributed by atoms with van der Waals surface area (Å²) in [5.74, 6) is 9.27. The van der Waals surface area contributed by atoms with Crippen LogP contribution < -0.4 is 4.40 Å². The van der Waals surface area contributed by atoms with E-state index < -0.39 is 25.1 Å². The molecular formula is C51H52GeIrN4O-2. The standard InChI is InChI=1S/C28H33GeN2.C23H19N2O.Ir/c1-19(2)23-17-22(29(5,6)7)18-24(20(3)4)27(23)31-26-16-12-11-15-25(26)30-28(31)21-13-9-8-10-14-21;1-23(2,3)13-15-9-10-25-20(11-15)19-6-4-5-18-17-8-7-16(14-24)12-21(17)26-22(18)19;/h8-13,15-20H,1-7H3;4-5,7-12H,13H2,1-3H3;/q2*-1;/i;13D2;. The fourth-order valence-electron chi connectivity index (χ4n) is 7.30. The molecule has 0 amide bonds. The number of fused-ring (bicyclic) bond motifs is 4. The molecule has 0 bridgehead atoms. The second kappa shape index (κ2) is 17.2. The van der Waals surface area contributed by atoms with Crippen LogP contribution in [0.3, 0.4) is 0 Å². The third-order valence-electron chi connectivity index (χ3n) is 10.1. The zero-order chi connectivity index (χ0) is 42.4. The van der Waals surface area contributed by atoms with E-state index in [2.05, 4.69) is 121 Å². The first kappa shape index (κ1) is 40.0. The Balaban J connectivity index is 0.000000199. The molecule has 8 aromatic rings. The molecule has 0 unspecified atom stereocenters. The van der Waals surface area contributed by atoms with Crippen LogP contribution in [0.25, 0.3) is 61.3 Å². The van der Waals surface area contributed by atoms with Gasteiger partial charge in [0.25, 0.3) is 0 Å². The van der Waals surface area contributed by atoms with Crippen LogP contribution >= 0.6 is 0 Å². The van der Waals surface area contributed by atoms with E-state index in [-0.39, 0.29) is 20.1 Å². The Morgan fingerprint density at radius 1 is 0.845 bits per heavy atom. The number of aromatic nitrogens is 3. The van der Waals surface area contributed by atoms with Crippen LogP contribution in [0.2, 0.25) is 17.3 Å². The summed E-state index contributed by atoms with van der Waals surface area (Å²) in [5, 5.41) is 11.0. The Kier molecular flexibility index (Phi) is 11.9. The van der Waals surface area contributed by atoms with Crippen molar-refractivity contribution >= 4 is 50.6 Å². The van der Waals surface area contributed by atoms with Crippen molar-refractivity contribution in [2.45, 2.75) is 83.9 Å². The Labute approximate surface area is 363 Å². The maximum atomic E-state index is 9.13. The van der Waals surface area contributed by atoms with Gasteiger partial charge in [0.15, 0.2) is 0 Å². The van der Waals surface area contributed by atoms with Gasteiger partial charge in [-0.15, -0.1) is 18.2 Å². The molecule has 0 N–H and O–H groups in total. The molecule has 3 aromatic heterocycles. The molecule has 0 aliphatic rings. The molecule has 0 saturated heterocycles. The summed E-state index contributed by atoms with van der Waals surface area (Å²) < 4.78 is 27.1. The van der Waals surface area contributed by atoms with E-state index in [9.17, 15) is 0 Å². The van der Waals surface area contributed by atoms with E-state index in [0.29, 0.717) is 45.4 Å². The number of hydrogen-bond acceptors (Lipinski definition) is 4. The second-order valence-electron chi connectivity index (χ2n) is 17.4. The van der Waals surface area contributed by atoms with Gasteiger partial charge < -0.3 is 9.40 Å².